The van der Waals surface area contributed by atoms with E-state index in [4.69, 9.17) is 0 Å². The minimum atomic E-state index is -0.439. The Balaban J connectivity index is 1.48. The van der Waals surface area contributed by atoms with Gasteiger partial charge in [0.1, 0.15) is 17.5 Å². The van der Waals surface area contributed by atoms with Crippen molar-refractivity contribution in [2.45, 2.75) is 39.9 Å². The van der Waals surface area contributed by atoms with Gasteiger partial charge in [0.05, 0.1) is 30.1 Å². The summed E-state index contributed by atoms with van der Waals surface area (Å²) in [5.41, 5.74) is 3.20. The first-order valence-corrected chi connectivity index (χ1v) is 10.6. The summed E-state index contributed by atoms with van der Waals surface area (Å²) in [6, 6.07) is 5.86. The molecular weight excluding hydrogens is 423 g/mol. The maximum atomic E-state index is 13.4. The fraction of sp³-hybridized carbons (Fsp3) is 0.348. The second kappa shape index (κ2) is 8.86. The Hall–Kier alpha value is -4.00. The van der Waals surface area contributed by atoms with Crippen LogP contribution in [0.3, 0.4) is 0 Å². The highest BCUT2D eigenvalue weighted by Gasteiger charge is 2.35. The first kappa shape index (κ1) is 22.2. The average Bonchev–Trinajstić information content (AvgIpc) is 3.21. The summed E-state index contributed by atoms with van der Waals surface area (Å²) in [5.74, 6) is 0.768. The predicted molar refractivity (Wildman–Crippen MR) is 122 cm³/mol. The van der Waals surface area contributed by atoms with Crippen LogP contribution >= 0.6 is 0 Å². The number of carbonyl (C=O) groups excluding carboxylic acids is 1. The lowest BCUT2D eigenvalue weighted by Crippen LogP contribution is -2.49. The number of fused-ring (bicyclic) bond motifs is 1. The number of hydrogen-bond acceptors (Lipinski definition) is 7. The fourth-order valence-electron chi connectivity index (χ4n) is 4.02. The summed E-state index contributed by atoms with van der Waals surface area (Å²) >= 11 is 0. The van der Waals surface area contributed by atoms with E-state index in [0.717, 1.165) is 5.56 Å². The van der Waals surface area contributed by atoms with Crippen molar-refractivity contribution < 1.29 is 9.18 Å². The minimum absolute atomic E-state index is 0.0551. The number of likely N-dealkylation sites (N-methyl/N-ethyl adjacent to an activating group) is 1. The van der Waals surface area contributed by atoms with Gasteiger partial charge >= 0.3 is 0 Å². The van der Waals surface area contributed by atoms with Gasteiger partial charge < -0.3 is 15.5 Å². The van der Waals surface area contributed by atoms with E-state index >= 15 is 0 Å². The van der Waals surface area contributed by atoms with Crippen LogP contribution in [-0.4, -0.2) is 38.7 Å². The molecule has 0 radical (unpaired) electrons. The molecule has 3 aromatic rings. The highest BCUT2D eigenvalue weighted by Crippen LogP contribution is 2.34. The highest BCUT2D eigenvalue weighted by molar-refractivity contribution is 6.03. The van der Waals surface area contributed by atoms with E-state index < -0.39 is 5.82 Å². The molecule has 0 spiro atoms. The Morgan fingerprint density at radius 3 is 2.85 bits per heavy atom. The van der Waals surface area contributed by atoms with Gasteiger partial charge in [-0.05, 0) is 30.5 Å². The standard InChI is InChI=1S/C23H25FN8O/c1-13(2)20-22(33)29-19-14(3)28-23(30-21(19)31(20)4)26-9-15-10-27-32(11-15)12-16-5-6-18(24)7-17(16)8-25/h5-7,10-11,13,20H,9,12H2,1-4H3,(H,29,33)(H,26,28,30). The van der Waals surface area contributed by atoms with Crippen molar-refractivity contribution in [1.29, 1.82) is 5.26 Å². The fourth-order valence-corrected chi connectivity index (χ4v) is 4.02. The zero-order valence-electron chi connectivity index (χ0n) is 18.9. The molecule has 4 rings (SSSR count). The zero-order valence-corrected chi connectivity index (χ0v) is 18.9. The molecule has 0 saturated carbocycles. The van der Waals surface area contributed by atoms with E-state index in [-0.39, 0.29) is 17.9 Å². The molecule has 1 unspecified atom stereocenters. The van der Waals surface area contributed by atoms with E-state index in [1.54, 1.807) is 16.9 Å². The summed E-state index contributed by atoms with van der Waals surface area (Å²) < 4.78 is 15.1. The number of halogens is 1. The van der Waals surface area contributed by atoms with E-state index in [9.17, 15) is 14.4 Å². The lowest BCUT2D eigenvalue weighted by atomic mass is 9.99. The van der Waals surface area contributed by atoms with E-state index in [2.05, 4.69) is 25.7 Å². The van der Waals surface area contributed by atoms with Gasteiger partial charge in [-0.3, -0.25) is 9.48 Å². The van der Waals surface area contributed by atoms with Crippen LogP contribution in [0.4, 0.5) is 21.8 Å². The number of nitriles is 1. The molecule has 1 amide bonds. The molecule has 0 fully saturated rings. The maximum absolute atomic E-state index is 13.4. The summed E-state index contributed by atoms with van der Waals surface area (Å²) in [6.45, 7) is 6.64. The van der Waals surface area contributed by atoms with Crippen LogP contribution < -0.4 is 15.5 Å². The number of amides is 1. The molecule has 170 valence electrons. The zero-order chi connectivity index (χ0) is 23.7. The van der Waals surface area contributed by atoms with Crippen molar-refractivity contribution in [1.82, 2.24) is 19.7 Å². The number of benzene rings is 1. The van der Waals surface area contributed by atoms with Gasteiger partial charge in [0.2, 0.25) is 11.9 Å². The molecule has 33 heavy (non-hydrogen) atoms. The number of anilines is 3. The first-order valence-electron chi connectivity index (χ1n) is 10.6. The topological polar surface area (TPSA) is 112 Å². The van der Waals surface area contributed by atoms with Crippen LogP contribution in [0.2, 0.25) is 0 Å². The summed E-state index contributed by atoms with van der Waals surface area (Å²) in [5, 5.41) is 19.7. The van der Waals surface area contributed by atoms with Crippen LogP contribution in [0.25, 0.3) is 0 Å². The third-order valence-electron chi connectivity index (χ3n) is 5.63. The Morgan fingerprint density at radius 1 is 1.33 bits per heavy atom. The van der Waals surface area contributed by atoms with Crippen LogP contribution in [0.15, 0.2) is 30.6 Å². The largest absolute Gasteiger partial charge is 0.350 e. The number of rotatable bonds is 6. The molecule has 0 saturated heterocycles. The van der Waals surface area contributed by atoms with Crippen LogP contribution in [-0.2, 0) is 17.9 Å². The second-order valence-electron chi connectivity index (χ2n) is 8.43. The number of nitrogens with zero attached hydrogens (tertiary/aromatic N) is 6. The summed E-state index contributed by atoms with van der Waals surface area (Å²) in [6.07, 6.45) is 3.57. The van der Waals surface area contributed by atoms with Gasteiger partial charge in [-0.25, -0.2) is 9.37 Å². The normalized spacial score (nSPS) is 15.2. The SMILES string of the molecule is Cc1nc(NCc2cnn(Cc3ccc(F)cc3C#N)c2)nc2c1NC(=O)C(C(C)C)N2C. The third-order valence-corrected chi connectivity index (χ3v) is 5.63. The monoisotopic (exact) mass is 448 g/mol. The molecule has 1 atom stereocenters. The van der Waals surface area contributed by atoms with Gasteiger partial charge in [0, 0.05) is 25.4 Å². The lowest BCUT2D eigenvalue weighted by molar-refractivity contribution is -0.118. The number of carbonyl (C=O) groups is 1. The predicted octanol–water partition coefficient (Wildman–Crippen LogP) is 3.07. The van der Waals surface area contributed by atoms with Crippen molar-refractivity contribution >= 4 is 23.4 Å². The first-order chi connectivity index (χ1) is 15.8. The highest BCUT2D eigenvalue weighted by atomic mass is 19.1. The molecule has 0 bridgehead atoms. The minimum Gasteiger partial charge on any atom is -0.350 e. The maximum Gasteiger partial charge on any atom is 0.247 e. The van der Waals surface area contributed by atoms with Gasteiger partial charge in [0.15, 0.2) is 5.82 Å². The quantitative estimate of drug-likeness (QED) is 0.596. The average molecular weight is 449 g/mol. The van der Waals surface area contributed by atoms with Crippen molar-refractivity contribution in [3.05, 3.63) is 58.8 Å². The van der Waals surface area contributed by atoms with Crippen LogP contribution in [0.1, 0.15) is 36.2 Å². The smallest absolute Gasteiger partial charge is 0.247 e. The number of aromatic nitrogens is 4. The molecule has 9 nitrogen and oxygen atoms in total. The third kappa shape index (κ3) is 4.48. The number of nitrogens with one attached hydrogen (secondary N) is 2. The molecule has 10 heteroatoms. The molecule has 3 heterocycles. The van der Waals surface area contributed by atoms with Gasteiger partial charge in [-0.15, -0.1) is 0 Å². The van der Waals surface area contributed by atoms with Crippen molar-refractivity contribution in [3.63, 3.8) is 0 Å². The summed E-state index contributed by atoms with van der Waals surface area (Å²) in [4.78, 5) is 23.5. The van der Waals surface area contributed by atoms with Crippen LogP contribution in [0, 0.1) is 30.0 Å². The molecule has 1 aromatic carbocycles. The number of aryl methyl sites for hydroxylation is 1. The molecular formula is C23H25FN8O. The summed E-state index contributed by atoms with van der Waals surface area (Å²) in [7, 11) is 1.87. The second-order valence-corrected chi connectivity index (χ2v) is 8.43. The molecule has 0 aliphatic carbocycles. The van der Waals surface area contributed by atoms with Crippen molar-refractivity contribution in [2.75, 3.05) is 22.6 Å². The molecule has 2 aromatic heterocycles. The molecule has 1 aliphatic heterocycles. The van der Waals surface area contributed by atoms with Gasteiger partial charge in [-0.2, -0.15) is 15.3 Å². The number of hydrogen-bond donors (Lipinski definition) is 2. The Bertz CT molecular complexity index is 1250. The Labute approximate surface area is 191 Å². The van der Waals surface area contributed by atoms with Crippen LogP contribution in [0.5, 0.6) is 0 Å². The molecule has 2 N–H and O–H groups in total. The van der Waals surface area contributed by atoms with Gasteiger partial charge in [0.25, 0.3) is 0 Å². The van der Waals surface area contributed by atoms with Crippen molar-refractivity contribution in [3.8, 4) is 6.07 Å². The molecule has 1 aliphatic rings. The van der Waals surface area contributed by atoms with E-state index in [1.165, 1.54) is 12.1 Å². The Kier molecular flexibility index (Phi) is 5.96. The van der Waals surface area contributed by atoms with E-state index in [1.807, 2.05) is 45.0 Å². The van der Waals surface area contributed by atoms with Crippen molar-refractivity contribution in [2.24, 2.45) is 5.92 Å². The van der Waals surface area contributed by atoms with Gasteiger partial charge in [-0.1, -0.05) is 19.9 Å². The Morgan fingerprint density at radius 2 is 2.12 bits per heavy atom. The van der Waals surface area contributed by atoms with E-state index in [0.29, 0.717) is 47.4 Å². The lowest BCUT2D eigenvalue weighted by Gasteiger charge is -2.36.